The van der Waals surface area contributed by atoms with Gasteiger partial charge in [0.05, 0.1) is 0 Å². The third-order valence-corrected chi connectivity index (χ3v) is 3.73. The van der Waals surface area contributed by atoms with Gasteiger partial charge in [-0.1, -0.05) is 19.1 Å². The van der Waals surface area contributed by atoms with E-state index in [-0.39, 0.29) is 0 Å². The summed E-state index contributed by atoms with van der Waals surface area (Å²) in [5.74, 6) is 0. The van der Waals surface area contributed by atoms with Gasteiger partial charge in [-0.2, -0.15) is 12.7 Å². The quantitative estimate of drug-likeness (QED) is 0.742. The first-order valence-corrected chi connectivity index (χ1v) is 6.45. The fourth-order valence-electron chi connectivity index (χ4n) is 1.26. The molecule has 1 aromatic carbocycles. The summed E-state index contributed by atoms with van der Waals surface area (Å²) in [5, 5.41) is 0. The van der Waals surface area contributed by atoms with E-state index in [1.54, 1.807) is 19.1 Å². The summed E-state index contributed by atoms with van der Waals surface area (Å²) in [7, 11) is -1.83. The summed E-state index contributed by atoms with van der Waals surface area (Å²) >= 11 is 0. The van der Waals surface area contributed by atoms with Crippen molar-refractivity contribution in [2.45, 2.75) is 13.5 Å². The van der Waals surface area contributed by atoms with Crippen molar-refractivity contribution in [3.8, 4) is 0 Å². The van der Waals surface area contributed by atoms with E-state index in [4.69, 9.17) is 5.73 Å². The van der Waals surface area contributed by atoms with Crippen LogP contribution in [-0.2, 0) is 16.8 Å². The molecule has 90 valence electrons. The highest BCUT2D eigenvalue weighted by Gasteiger charge is 2.15. The summed E-state index contributed by atoms with van der Waals surface area (Å²) < 4.78 is 26.9. The third-order valence-electron chi connectivity index (χ3n) is 2.12. The van der Waals surface area contributed by atoms with E-state index in [2.05, 4.69) is 4.72 Å². The number of hydrogen-bond acceptors (Lipinski definition) is 3. The molecule has 0 amide bonds. The van der Waals surface area contributed by atoms with Crippen molar-refractivity contribution in [3.05, 3.63) is 29.8 Å². The van der Waals surface area contributed by atoms with Crippen molar-refractivity contribution in [2.75, 3.05) is 19.3 Å². The summed E-state index contributed by atoms with van der Waals surface area (Å²) in [4.78, 5) is 0. The van der Waals surface area contributed by atoms with Crippen LogP contribution in [0, 0.1) is 0 Å². The zero-order chi connectivity index (χ0) is 12.2. The first-order chi connectivity index (χ1) is 7.45. The maximum Gasteiger partial charge on any atom is 0.279 e. The van der Waals surface area contributed by atoms with E-state index < -0.39 is 10.2 Å². The van der Waals surface area contributed by atoms with Crippen LogP contribution in [0.25, 0.3) is 0 Å². The largest absolute Gasteiger partial charge is 0.399 e. The molecule has 0 aliphatic carbocycles. The van der Waals surface area contributed by atoms with Crippen molar-refractivity contribution in [1.82, 2.24) is 9.03 Å². The monoisotopic (exact) mass is 243 g/mol. The minimum absolute atomic E-state index is 0.329. The minimum atomic E-state index is -3.37. The van der Waals surface area contributed by atoms with Gasteiger partial charge in [-0.25, -0.2) is 4.72 Å². The van der Waals surface area contributed by atoms with Gasteiger partial charge in [0.15, 0.2) is 0 Å². The lowest BCUT2D eigenvalue weighted by molar-refractivity contribution is 0.456. The molecule has 0 spiro atoms. The SMILES string of the molecule is CCNS(=O)(=O)N(C)Cc1ccc(N)cc1. The van der Waals surface area contributed by atoms with Crippen LogP contribution in [-0.4, -0.2) is 26.3 Å². The molecule has 0 fully saturated rings. The average Bonchev–Trinajstić information content (AvgIpc) is 2.21. The summed E-state index contributed by atoms with van der Waals surface area (Å²) in [5.41, 5.74) is 7.12. The van der Waals surface area contributed by atoms with Crippen LogP contribution in [0.5, 0.6) is 0 Å². The zero-order valence-electron chi connectivity index (χ0n) is 9.47. The lowest BCUT2D eigenvalue weighted by atomic mass is 10.2. The van der Waals surface area contributed by atoms with Crippen LogP contribution in [0.2, 0.25) is 0 Å². The maximum absolute atomic E-state index is 11.6. The van der Waals surface area contributed by atoms with Crippen LogP contribution >= 0.6 is 0 Å². The number of rotatable bonds is 5. The molecule has 6 heteroatoms. The summed E-state index contributed by atoms with van der Waals surface area (Å²) in [6, 6.07) is 7.13. The maximum atomic E-state index is 11.6. The Kier molecular flexibility index (Phi) is 4.28. The number of nitrogens with zero attached hydrogens (tertiary/aromatic N) is 1. The summed E-state index contributed by atoms with van der Waals surface area (Å²) in [6.45, 7) is 2.46. The minimum Gasteiger partial charge on any atom is -0.399 e. The lowest BCUT2D eigenvalue weighted by Crippen LogP contribution is -2.37. The molecule has 0 heterocycles. The van der Waals surface area contributed by atoms with E-state index in [1.165, 1.54) is 11.4 Å². The Bertz CT molecular complexity index is 428. The van der Waals surface area contributed by atoms with Crippen LogP contribution < -0.4 is 10.5 Å². The van der Waals surface area contributed by atoms with Gasteiger partial charge in [0.1, 0.15) is 0 Å². The van der Waals surface area contributed by atoms with Gasteiger partial charge in [0, 0.05) is 25.8 Å². The molecule has 0 radical (unpaired) electrons. The van der Waals surface area contributed by atoms with Gasteiger partial charge in [-0.15, -0.1) is 0 Å². The molecule has 0 unspecified atom stereocenters. The number of nitrogens with two attached hydrogens (primary N) is 1. The Morgan fingerprint density at radius 2 is 1.88 bits per heavy atom. The van der Waals surface area contributed by atoms with Gasteiger partial charge in [-0.3, -0.25) is 0 Å². The average molecular weight is 243 g/mol. The van der Waals surface area contributed by atoms with Crippen molar-refractivity contribution in [2.24, 2.45) is 0 Å². The van der Waals surface area contributed by atoms with Crippen LogP contribution in [0.15, 0.2) is 24.3 Å². The zero-order valence-corrected chi connectivity index (χ0v) is 10.3. The molecular formula is C10H17N3O2S. The molecule has 16 heavy (non-hydrogen) atoms. The highest BCUT2D eigenvalue weighted by molar-refractivity contribution is 7.87. The van der Waals surface area contributed by atoms with E-state index >= 15 is 0 Å². The fraction of sp³-hybridized carbons (Fsp3) is 0.400. The fourth-order valence-corrected chi connectivity index (χ4v) is 2.16. The molecule has 0 aliphatic heterocycles. The van der Waals surface area contributed by atoms with Gasteiger partial charge >= 0.3 is 0 Å². The van der Waals surface area contributed by atoms with Gasteiger partial charge in [0.2, 0.25) is 0 Å². The molecule has 5 nitrogen and oxygen atoms in total. The molecule has 0 atom stereocenters. The number of nitrogens with one attached hydrogen (secondary N) is 1. The number of nitrogen functional groups attached to an aromatic ring is 1. The summed E-state index contributed by atoms with van der Waals surface area (Å²) in [6.07, 6.45) is 0. The molecule has 0 aromatic heterocycles. The molecule has 0 aliphatic rings. The van der Waals surface area contributed by atoms with E-state index in [0.717, 1.165) is 5.56 Å². The first kappa shape index (κ1) is 13.0. The third kappa shape index (κ3) is 3.48. The predicted octanol–water partition coefficient (Wildman–Crippen LogP) is 0.555. The van der Waals surface area contributed by atoms with Crippen molar-refractivity contribution in [1.29, 1.82) is 0 Å². The topological polar surface area (TPSA) is 75.4 Å². The Morgan fingerprint density at radius 1 is 1.31 bits per heavy atom. The normalized spacial score (nSPS) is 11.9. The highest BCUT2D eigenvalue weighted by Crippen LogP contribution is 2.09. The Labute approximate surface area is 96.4 Å². The number of hydrogen-bond donors (Lipinski definition) is 2. The molecule has 1 aromatic rings. The van der Waals surface area contributed by atoms with Gasteiger partial charge < -0.3 is 5.73 Å². The smallest absolute Gasteiger partial charge is 0.279 e. The van der Waals surface area contributed by atoms with Crippen LogP contribution in [0.3, 0.4) is 0 Å². The van der Waals surface area contributed by atoms with Crippen LogP contribution in [0.4, 0.5) is 5.69 Å². The van der Waals surface area contributed by atoms with Gasteiger partial charge in [-0.05, 0) is 17.7 Å². The second-order valence-corrected chi connectivity index (χ2v) is 5.36. The van der Waals surface area contributed by atoms with Crippen LogP contribution in [0.1, 0.15) is 12.5 Å². The molecule has 0 saturated carbocycles. The Hall–Kier alpha value is -1.11. The molecule has 0 bridgehead atoms. The number of benzene rings is 1. The molecule has 1 rings (SSSR count). The van der Waals surface area contributed by atoms with E-state index in [1.807, 2.05) is 12.1 Å². The second-order valence-electron chi connectivity index (χ2n) is 3.50. The predicted molar refractivity (Wildman–Crippen MR) is 64.9 cm³/mol. The van der Waals surface area contributed by atoms with Crippen molar-refractivity contribution in [3.63, 3.8) is 0 Å². The molecule has 0 saturated heterocycles. The van der Waals surface area contributed by atoms with Crippen molar-refractivity contribution < 1.29 is 8.42 Å². The van der Waals surface area contributed by atoms with Gasteiger partial charge in [0.25, 0.3) is 10.2 Å². The van der Waals surface area contributed by atoms with Crippen molar-refractivity contribution >= 4 is 15.9 Å². The first-order valence-electron chi connectivity index (χ1n) is 5.01. The Morgan fingerprint density at radius 3 is 2.38 bits per heavy atom. The molecular weight excluding hydrogens is 226 g/mol. The highest BCUT2D eigenvalue weighted by atomic mass is 32.2. The van der Waals surface area contributed by atoms with E-state index in [9.17, 15) is 8.42 Å². The van der Waals surface area contributed by atoms with E-state index in [0.29, 0.717) is 18.8 Å². The number of anilines is 1. The Balaban J connectivity index is 2.71. The second kappa shape index (κ2) is 5.29. The lowest BCUT2D eigenvalue weighted by Gasteiger charge is -2.17. The standard InChI is InChI=1S/C10H17N3O2S/c1-3-12-16(14,15)13(2)8-9-4-6-10(11)7-5-9/h4-7,12H,3,8,11H2,1-2H3. The molecule has 3 N–H and O–H groups in total.